The van der Waals surface area contributed by atoms with E-state index in [1.165, 1.54) is 17.7 Å². The summed E-state index contributed by atoms with van der Waals surface area (Å²) in [7, 11) is -0.389. The van der Waals surface area contributed by atoms with Gasteiger partial charge in [-0.1, -0.05) is 19.6 Å². The zero-order valence-corrected chi connectivity index (χ0v) is 18.6. The van der Waals surface area contributed by atoms with Crippen LogP contribution in [0.4, 0.5) is 5.82 Å². The number of methoxy groups -OCH3 is 1. The average Bonchev–Trinajstić information content (AvgIpc) is 3.41. The van der Waals surface area contributed by atoms with Gasteiger partial charge in [0.1, 0.15) is 29.1 Å². The number of nitrogens with two attached hydrogens (primary N) is 1. The molecule has 1 saturated heterocycles. The van der Waals surface area contributed by atoms with E-state index in [0.29, 0.717) is 43.0 Å². The van der Waals surface area contributed by atoms with Gasteiger partial charge in [-0.2, -0.15) is 17.8 Å². The summed E-state index contributed by atoms with van der Waals surface area (Å²) >= 11 is 0. The molecule has 0 spiro atoms. The summed E-state index contributed by atoms with van der Waals surface area (Å²) in [5.74, 6) is 1.85. The Balaban J connectivity index is 0.00000259. The van der Waals surface area contributed by atoms with Crippen molar-refractivity contribution in [3.05, 3.63) is 36.4 Å². The first kappa shape index (κ1) is 23.0. The van der Waals surface area contributed by atoms with Crippen molar-refractivity contribution in [1.29, 1.82) is 0 Å². The third-order valence-corrected chi connectivity index (χ3v) is 7.56. The number of nitrogen functional groups attached to an aromatic ring is 1. The summed E-state index contributed by atoms with van der Waals surface area (Å²) in [6.45, 7) is 0.810. The highest BCUT2D eigenvalue weighted by atomic mass is 32.2. The van der Waals surface area contributed by atoms with E-state index in [1.54, 1.807) is 11.6 Å². The second-order valence-electron chi connectivity index (χ2n) is 7.71. The Labute approximate surface area is 192 Å². The molecule has 176 valence electrons. The number of anilines is 1. The van der Waals surface area contributed by atoms with Gasteiger partial charge in [-0.25, -0.2) is 19.2 Å². The van der Waals surface area contributed by atoms with E-state index in [1.807, 2.05) is 24.3 Å². The number of aromatic amines is 1. The van der Waals surface area contributed by atoms with E-state index in [4.69, 9.17) is 15.5 Å². The molecule has 3 aromatic heterocycles. The molecule has 0 atom stereocenters. The fourth-order valence-electron chi connectivity index (χ4n) is 4.34. The van der Waals surface area contributed by atoms with Crippen molar-refractivity contribution in [2.24, 2.45) is 0 Å². The van der Waals surface area contributed by atoms with Crippen LogP contribution < -0.4 is 15.2 Å². The largest absolute Gasteiger partial charge is 0.495 e. The SMILES string of the molecule is C.CNS(=O)(=O)N1CCC(c2nc(-c3cc4cccc(OC)c4[nH]3)c3c(N)ncnn23)CC1. The molecule has 1 aliphatic rings. The van der Waals surface area contributed by atoms with Gasteiger partial charge in [0.2, 0.25) is 0 Å². The molecule has 0 amide bonds. The number of rotatable bonds is 5. The summed E-state index contributed by atoms with van der Waals surface area (Å²) in [4.78, 5) is 12.5. The van der Waals surface area contributed by atoms with Crippen molar-refractivity contribution in [3.8, 4) is 17.1 Å². The molecule has 5 rings (SSSR count). The van der Waals surface area contributed by atoms with Crippen LogP contribution in [0.15, 0.2) is 30.6 Å². The van der Waals surface area contributed by atoms with Gasteiger partial charge in [0, 0.05) is 31.4 Å². The van der Waals surface area contributed by atoms with Crippen molar-refractivity contribution in [1.82, 2.24) is 33.6 Å². The number of H-pyrrole nitrogens is 1. The maximum absolute atomic E-state index is 12.1. The van der Waals surface area contributed by atoms with Gasteiger partial charge >= 0.3 is 0 Å². The number of hydrogen-bond donors (Lipinski definition) is 3. The van der Waals surface area contributed by atoms with Crippen molar-refractivity contribution < 1.29 is 13.2 Å². The average molecular weight is 473 g/mol. The van der Waals surface area contributed by atoms with Gasteiger partial charge in [-0.15, -0.1) is 0 Å². The molecule has 1 fully saturated rings. The van der Waals surface area contributed by atoms with Crippen LogP contribution in [0, 0.1) is 0 Å². The monoisotopic (exact) mass is 472 g/mol. The lowest BCUT2D eigenvalue weighted by Gasteiger charge is -2.29. The maximum atomic E-state index is 12.1. The minimum atomic E-state index is -3.44. The lowest BCUT2D eigenvalue weighted by Crippen LogP contribution is -2.43. The van der Waals surface area contributed by atoms with Crippen LogP contribution >= 0.6 is 0 Å². The van der Waals surface area contributed by atoms with Gasteiger partial charge in [0.05, 0.1) is 18.3 Å². The maximum Gasteiger partial charge on any atom is 0.279 e. The van der Waals surface area contributed by atoms with Crippen LogP contribution in [-0.2, 0) is 10.2 Å². The first-order valence-corrected chi connectivity index (χ1v) is 11.7. The highest BCUT2D eigenvalue weighted by Crippen LogP contribution is 2.36. The Hall–Kier alpha value is -3.22. The molecule has 33 heavy (non-hydrogen) atoms. The number of hydrogen-bond acceptors (Lipinski definition) is 7. The first-order valence-electron chi connectivity index (χ1n) is 10.3. The molecule has 4 aromatic rings. The molecule has 0 radical (unpaired) electrons. The molecule has 1 aliphatic heterocycles. The van der Waals surface area contributed by atoms with Crippen LogP contribution in [-0.4, -0.2) is 64.5 Å². The van der Waals surface area contributed by atoms with E-state index in [-0.39, 0.29) is 13.3 Å². The van der Waals surface area contributed by atoms with E-state index >= 15 is 0 Å². The van der Waals surface area contributed by atoms with Crippen LogP contribution in [0.25, 0.3) is 27.8 Å². The topological polar surface area (TPSA) is 144 Å². The summed E-state index contributed by atoms with van der Waals surface area (Å²) in [6, 6.07) is 7.82. The standard InChI is InChI=1S/C20H24N8O3S.CH4/c1-22-32(29,30)27-8-6-12(7-9-27)20-26-17(18-19(21)23-11-24-28(18)20)14-10-13-4-3-5-15(31-2)16(13)25-14;/h3-5,10-12,22,25H,6-9H2,1-2H3,(H2,21,23,24);1H4. The number of imidazole rings is 1. The van der Waals surface area contributed by atoms with E-state index in [9.17, 15) is 8.42 Å². The van der Waals surface area contributed by atoms with Crippen molar-refractivity contribution in [3.63, 3.8) is 0 Å². The Kier molecular flexibility index (Phi) is 5.99. The second-order valence-corrected chi connectivity index (χ2v) is 9.59. The third-order valence-electron chi connectivity index (χ3n) is 6.00. The molecule has 12 heteroatoms. The fraction of sp³-hybridized carbons (Fsp3) is 0.381. The number of ether oxygens (including phenoxy) is 1. The minimum absolute atomic E-state index is 0. The van der Waals surface area contributed by atoms with Crippen LogP contribution in [0.1, 0.15) is 32.0 Å². The molecule has 1 aromatic carbocycles. The second kappa shape index (κ2) is 8.61. The smallest absolute Gasteiger partial charge is 0.279 e. The first-order chi connectivity index (χ1) is 15.4. The van der Waals surface area contributed by atoms with Gasteiger partial charge in [-0.05, 0) is 25.0 Å². The normalized spacial score (nSPS) is 15.7. The Bertz CT molecular complexity index is 1400. The summed E-state index contributed by atoms with van der Waals surface area (Å²) in [5, 5.41) is 5.40. The highest BCUT2D eigenvalue weighted by molar-refractivity contribution is 7.87. The number of fused-ring (bicyclic) bond motifs is 2. The quantitative estimate of drug-likeness (QED) is 0.404. The number of benzene rings is 1. The Morgan fingerprint density at radius 3 is 2.73 bits per heavy atom. The predicted octanol–water partition coefficient (Wildman–Crippen LogP) is 2.14. The molecule has 4 heterocycles. The fourth-order valence-corrected chi connectivity index (χ4v) is 5.29. The van der Waals surface area contributed by atoms with Crippen LogP contribution in [0.5, 0.6) is 5.75 Å². The molecule has 0 saturated carbocycles. The molecule has 0 aliphatic carbocycles. The molecule has 0 unspecified atom stereocenters. The Morgan fingerprint density at radius 2 is 2.03 bits per heavy atom. The van der Waals surface area contributed by atoms with Crippen LogP contribution in [0.3, 0.4) is 0 Å². The number of piperidine rings is 1. The van der Waals surface area contributed by atoms with E-state index in [0.717, 1.165) is 28.2 Å². The molecule has 11 nitrogen and oxygen atoms in total. The predicted molar refractivity (Wildman–Crippen MR) is 127 cm³/mol. The highest BCUT2D eigenvalue weighted by Gasteiger charge is 2.31. The zero-order valence-electron chi connectivity index (χ0n) is 17.7. The zero-order chi connectivity index (χ0) is 22.5. The molecule has 4 N–H and O–H groups in total. The Morgan fingerprint density at radius 1 is 1.27 bits per heavy atom. The van der Waals surface area contributed by atoms with E-state index < -0.39 is 10.2 Å². The number of aromatic nitrogens is 5. The van der Waals surface area contributed by atoms with Gasteiger partial charge in [-0.3, -0.25) is 0 Å². The van der Waals surface area contributed by atoms with Crippen molar-refractivity contribution in [2.45, 2.75) is 26.2 Å². The summed E-state index contributed by atoms with van der Waals surface area (Å²) in [6.07, 6.45) is 2.67. The summed E-state index contributed by atoms with van der Waals surface area (Å²) < 4.78 is 35.3. The number of nitrogens with zero attached hydrogens (tertiary/aromatic N) is 5. The van der Waals surface area contributed by atoms with Crippen molar-refractivity contribution in [2.75, 3.05) is 33.0 Å². The van der Waals surface area contributed by atoms with E-state index in [2.05, 4.69) is 19.8 Å². The number of nitrogens with one attached hydrogen (secondary N) is 2. The minimum Gasteiger partial charge on any atom is -0.495 e. The molecule has 0 bridgehead atoms. The summed E-state index contributed by atoms with van der Waals surface area (Å²) in [5.41, 5.74) is 9.17. The third kappa shape index (κ3) is 3.79. The lowest BCUT2D eigenvalue weighted by molar-refractivity contribution is 0.309. The lowest BCUT2D eigenvalue weighted by atomic mass is 9.97. The van der Waals surface area contributed by atoms with Gasteiger partial charge in [0.25, 0.3) is 10.2 Å². The number of para-hydroxylation sites is 1. The van der Waals surface area contributed by atoms with Crippen molar-refractivity contribution >= 4 is 32.4 Å². The molecular weight excluding hydrogens is 444 g/mol. The van der Waals surface area contributed by atoms with Gasteiger partial charge < -0.3 is 15.5 Å². The molecular formula is C21H28N8O3S. The van der Waals surface area contributed by atoms with Crippen LogP contribution in [0.2, 0.25) is 0 Å². The van der Waals surface area contributed by atoms with Gasteiger partial charge in [0.15, 0.2) is 5.82 Å².